The van der Waals surface area contributed by atoms with E-state index in [1.807, 2.05) is 13.8 Å². The van der Waals surface area contributed by atoms with Crippen LogP contribution < -0.4 is 5.73 Å². The molecular weight excluding hydrogens is 140 g/mol. The maximum absolute atomic E-state index is 6.33. The van der Waals surface area contributed by atoms with E-state index >= 15 is 0 Å². The Bertz CT molecular complexity index is 114. The standard InChI is InChI=1S/C5H12N4.C2H6.H2/c1-2-3-4-5(6)8-9-7;1-2;/h2-4H2,1H3,(H3,6,7,8);1-2H3;1H. The molecule has 0 rings (SSSR count). The van der Waals surface area contributed by atoms with Crippen LogP contribution in [-0.2, 0) is 0 Å². The Labute approximate surface area is 69.9 Å². The lowest BCUT2D eigenvalue weighted by Crippen LogP contribution is -2.09. The van der Waals surface area contributed by atoms with Crippen LogP contribution in [0, 0.1) is 5.53 Å². The van der Waals surface area contributed by atoms with Gasteiger partial charge < -0.3 is 5.73 Å². The van der Waals surface area contributed by atoms with Crippen molar-refractivity contribution in [1.82, 2.24) is 0 Å². The second kappa shape index (κ2) is 11.8. The summed E-state index contributed by atoms with van der Waals surface area (Å²) in [5, 5.41) is 6.15. The highest BCUT2D eigenvalue weighted by molar-refractivity contribution is 5.79. The molecule has 68 valence electrons. The Kier molecular flexibility index (Phi) is 13.7. The van der Waals surface area contributed by atoms with Crippen LogP contribution in [0.15, 0.2) is 10.3 Å². The first kappa shape index (κ1) is 12.7. The second-order valence-electron chi connectivity index (χ2n) is 1.79. The molecule has 0 saturated carbocycles. The quantitative estimate of drug-likeness (QED) is 0.282. The van der Waals surface area contributed by atoms with Crippen LogP contribution in [0.1, 0.15) is 41.5 Å². The molecule has 0 aromatic heterocycles. The van der Waals surface area contributed by atoms with E-state index in [1.165, 1.54) is 0 Å². The summed E-state index contributed by atoms with van der Waals surface area (Å²) in [6.07, 6.45) is 2.86. The van der Waals surface area contributed by atoms with Crippen molar-refractivity contribution in [2.24, 2.45) is 16.1 Å². The van der Waals surface area contributed by atoms with Gasteiger partial charge in [-0.15, -0.1) is 5.10 Å². The first-order valence-electron chi connectivity index (χ1n) is 4.00. The molecule has 0 bridgehead atoms. The molecule has 0 aromatic carbocycles. The van der Waals surface area contributed by atoms with Crippen LogP contribution in [0.5, 0.6) is 0 Å². The first-order chi connectivity index (χ1) is 5.31. The van der Waals surface area contributed by atoms with E-state index in [0.29, 0.717) is 5.84 Å². The highest BCUT2D eigenvalue weighted by Gasteiger charge is 1.88. The molecule has 0 aromatic rings. The average Bonchev–Trinajstić information content (AvgIpc) is 2.05. The summed E-state index contributed by atoms with van der Waals surface area (Å²) in [5.74, 6) is 0.451. The molecule has 0 saturated heterocycles. The zero-order chi connectivity index (χ0) is 9.11. The van der Waals surface area contributed by atoms with E-state index in [2.05, 4.69) is 17.2 Å². The Balaban J connectivity index is -0.000000249. The number of unbranched alkanes of at least 4 members (excludes halogenated alkanes) is 1. The summed E-state index contributed by atoms with van der Waals surface area (Å²) in [4.78, 5) is 0. The van der Waals surface area contributed by atoms with Gasteiger partial charge in [-0.25, -0.2) is 0 Å². The van der Waals surface area contributed by atoms with Crippen molar-refractivity contribution < 1.29 is 1.43 Å². The van der Waals surface area contributed by atoms with Gasteiger partial charge in [0.15, 0.2) is 0 Å². The monoisotopic (exact) mass is 160 g/mol. The van der Waals surface area contributed by atoms with Gasteiger partial charge in [-0.05, 0) is 6.42 Å². The van der Waals surface area contributed by atoms with E-state index < -0.39 is 0 Å². The predicted octanol–water partition coefficient (Wildman–Crippen LogP) is 2.75. The van der Waals surface area contributed by atoms with E-state index in [9.17, 15) is 0 Å². The molecule has 3 N–H and O–H groups in total. The molecule has 0 heterocycles. The molecule has 4 heteroatoms. The fourth-order valence-electron chi connectivity index (χ4n) is 0.472. The predicted molar refractivity (Wildman–Crippen MR) is 49.8 cm³/mol. The Morgan fingerprint density at radius 1 is 1.55 bits per heavy atom. The molecule has 4 nitrogen and oxygen atoms in total. The maximum Gasteiger partial charge on any atom is 0.124 e. The molecule has 0 fully saturated rings. The van der Waals surface area contributed by atoms with Crippen molar-refractivity contribution in [3.8, 4) is 0 Å². The van der Waals surface area contributed by atoms with Crippen molar-refractivity contribution in [3.63, 3.8) is 0 Å². The zero-order valence-corrected chi connectivity index (χ0v) is 7.59. The van der Waals surface area contributed by atoms with Gasteiger partial charge in [0.25, 0.3) is 0 Å². The largest absolute Gasteiger partial charge is 0.386 e. The van der Waals surface area contributed by atoms with Crippen molar-refractivity contribution in [3.05, 3.63) is 0 Å². The summed E-state index contributed by atoms with van der Waals surface area (Å²) >= 11 is 0. The molecule has 0 unspecified atom stereocenters. The first-order valence-corrected chi connectivity index (χ1v) is 4.00. The van der Waals surface area contributed by atoms with Gasteiger partial charge in [-0.2, -0.15) is 5.53 Å². The molecule has 0 spiro atoms. The summed E-state index contributed by atoms with van der Waals surface area (Å²) < 4.78 is 0. The number of nitrogens with two attached hydrogens (primary N) is 1. The Hall–Kier alpha value is -0.930. The van der Waals surface area contributed by atoms with Crippen LogP contribution in [0.25, 0.3) is 0 Å². The van der Waals surface area contributed by atoms with Gasteiger partial charge >= 0.3 is 0 Å². The average molecular weight is 160 g/mol. The van der Waals surface area contributed by atoms with E-state index in [-0.39, 0.29) is 1.43 Å². The van der Waals surface area contributed by atoms with Crippen LogP contribution in [0.4, 0.5) is 0 Å². The summed E-state index contributed by atoms with van der Waals surface area (Å²) in [5.41, 5.74) is 11.6. The zero-order valence-electron chi connectivity index (χ0n) is 7.59. The van der Waals surface area contributed by atoms with Crippen LogP contribution in [0.2, 0.25) is 0 Å². The van der Waals surface area contributed by atoms with Gasteiger partial charge in [-0.3, -0.25) is 0 Å². The normalized spacial score (nSPS) is 9.91. The molecule has 0 amide bonds. The SMILES string of the molecule is CC.CCCC/C(N)=N/N=N.[HH]. The summed E-state index contributed by atoms with van der Waals surface area (Å²) in [6.45, 7) is 6.07. The lowest BCUT2D eigenvalue weighted by molar-refractivity contribution is 0.823. The van der Waals surface area contributed by atoms with Crippen molar-refractivity contribution in [2.75, 3.05) is 0 Å². The van der Waals surface area contributed by atoms with E-state index in [4.69, 9.17) is 11.3 Å². The van der Waals surface area contributed by atoms with Crippen LogP contribution in [-0.4, -0.2) is 5.84 Å². The molecule has 0 atom stereocenters. The number of rotatable bonds is 4. The van der Waals surface area contributed by atoms with Gasteiger partial charge in [0.2, 0.25) is 0 Å². The van der Waals surface area contributed by atoms with Gasteiger partial charge in [0.1, 0.15) is 5.84 Å². The minimum atomic E-state index is 0. The molecule has 0 aliphatic carbocycles. The van der Waals surface area contributed by atoms with E-state index in [0.717, 1.165) is 19.3 Å². The fraction of sp³-hybridized carbons (Fsp3) is 0.857. The highest BCUT2D eigenvalue weighted by Crippen LogP contribution is 1.92. The molecule has 0 aliphatic rings. The van der Waals surface area contributed by atoms with E-state index in [1.54, 1.807) is 0 Å². The third-order valence-electron chi connectivity index (χ3n) is 0.965. The van der Waals surface area contributed by atoms with Gasteiger partial charge in [0, 0.05) is 7.85 Å². The lowest BCUT2D eigenvalue weighted by atomic mass is 10.2. The third-order valence-corrected chi connectivity index (χ3v) is 0.965. The molecule has 0 aliphatic heterocycles. The fourth-order valence-corrected chi connectivity index (χ4v) is 0.472. The number of amidine groups is 1. The molecular formula is C7H20N4. The van der Waals surface area contributed by atoms with Gasteiger partial charge in [-0.1, -0.05) is 32.4 Å². The molecule has 0 radical (unpaired) electrons. The minimum Gasteiger partial charge on any atom is -0.386 e. The van der Waals surface area contributed by atoms with Crippen LogP contribution >= 0.6 is 0 Å². The maximum atomic E-state index is 6.33. The number of nitrogens with zero attached hydrogens (tertiary/aromatic N) is 2. The Morgan fingerprint density at radius 2 is 2.09 bits per heavy atom. The Morgan fingerprint density at radius 3 is 2.45 bits per heavy atom. The molecule has 11 heavy (non-hydrogen) atoms. The number of hydrogen-bond acceptors (Lipinski definition) is 2. The van der Waals surface area contributed by atoms with Crippen LogP contribution in [0.3, 0.4) is 0 Å². The lowest BCUT2D eigenvalue weighted by Gasteiger charge is -1.92. The van der Waals surface area contributed by atoms with Crippen molar-refractivity contribution >= 4 is 5.84 Å². The summed E-state index contributed by atoms with van der Waals surface area (Å²) in [6, 6.07) is 0. The number of nitrogens with one attached hydrogen (secondary N) is 1. The third kappa shape index (κ3) is 12.3. The summed E-state index contributed by atoms with van der Waals surface area (Å²) in [7, 11) is 0. The second-order valence-corrected chi connectivity index (χ2v) is 1.79. The van der Waals surface area contributed by atoms with Crippen molar-refractivity contribution in [1.29, 1.82) is 5.53 Å². The topological polar surface area (TPSA) is 74.6 Å². The minimum absolute atomic E-state index is 0. The number of hydrogen-bond donors (Lipinski definition) is 2. The van der Waals surface area contributed by atoms with Gasteiger partial charge in [0.05, 0.1) is 0 Å². The highest BCUT2D eigenvalue weighted by atomic mass is 15.3. The smallest absolute Gasteiger partial charge is 0.124 e. The van der Waals surface area contributed by atoms with Crippen molar-refractivity contribution in [2.45, 2.75) is 40.0 Å².